The number of likely N-dealkylation sites (N-methyl/N-ethyl adjacent to an activating group) is 1. The average Bonchev–Trinajstić information content (AvgIpc) is 2.21. The molecule has 0 aromatic carbocycles. The maximum Gasteiger partial charge on any atom is 0.0637 e. The van der Waals surface area contributed by atoms with Crippen molar-refractivity contribution in [1.29, 1.82) is 0 Å². The molecule has 2 N–H and O–H groups in total. The van der Waals surface area contributed by atoms with Gasteiger partial charge in [0.25, 0.3) is 0 Å². The van der Waals surface area contributed by atoms with Gasteiger partial charge in [0.05, 0.1) is 6.61 Å². The highest BCUT2D eigenvalue weighted by atomic mass is 16.5. The highest BCUT2D eigenvalue weighted by Gasteiger charge is 2.29. The largest absolute Gasteiger partial charge is 0.380 e. The zero-order chi connectivity index (χ0) is 10.6. The van der Waals surface area contributed by atoms with Gasteiger partial charge in [-0.25, -0.2) is 0 Å². The molecular weight excluding hydrogens is 176 g/mol. The van der Waals surface area contributed by atoms with Gasteiger partial charge < -0.3 is 10.5 Å². The number of rotatable bonds is 4. The smallest absolute Gasteiger partial charge is 0.0637 e. The van der Waals surface area contributed by atoms with Crippen LogP contribution in [0, 0.1) is 0 Å². The molecule has 3 unspecified atom stereocenters. The molecule has 0 aromatic heterocycles. The molecule has 0 amide bonds. The van der Waals surface area contributed by atoms with Crippen molar-refractivity contribution in [2.24, 2.45) is 5.73 Å². The molecule has 1 aliphatic heterocycles. The standard InChI is InChI=1S/C11H24N2O/c1-4-9(3)13(5-2)11-8-14-7-6-10(11)12/h9-11H,4-8,12H2,1-3H3. The number of hydrogen-bond acceptors (Lipinski definition) is 3. The average molecular weight is 200 g/mol. The molecule has 3 nitrogen and oxygen atoms in total. The first-order chi connectivity index (χ1) is 6.70. The molecule has 3 atom stereocenters. The summed E-state index contributed by atoms with van der Waals surface area (Å²) in [4.78, 5) is 2.48. The molecular formula is C11H24N2O. The number of hydrogen-bond donors (Lipinski definition) is 1. The Morgan fingerprint density at radius 3 is 2.71 bits per heavy atom. The molecule has 0 saturated carbocycles. The number of nitrogens with zero attached hydrogens (tertiary/aromatic N) is 1. The van der Waals surface area contributed by atoms with Crippen LogP contribution in [0.5, 0.6) is 0 Å². The van der Waals surface area contributed by atoms with Crippen molar-refractivity contribution in [3.8, 4) is 0 Å². The van der Waals surface area contributed by atoms with Gasteiger partial charge in [0.2, 0.25) is 0 Å². The van der Waals surface area contributed by atoms with Crippen LogP contribution in [0.25, 0.3) is 0 Å². The van der Waals surface area contributed by atoms with Crippen molar-refractivity contribution in [1.82, 2.24) is 4.90 Å². The van der Waals surface area contributed by atoms with Crippen LogP contribution < -0.4 is 5.73 Å². The van der Waals surface area contributed by atoms with E-state index >= 15 is 0 Å². The zero-order valence-corrected chi connectivity index (χ0v) is 9.70. The maximum absolute atomic E-state index is 6.13. The topological polar surface area (TPSA) is 38.5 Å². The summed E-state index contributed by atoms with van der Waals surface area (Å²) >= 11 is 0. The number of ether oxygens (including phenoxy) is 1. The first-order valence-electron chi connectivity index (χ1n) is 5.79. The first kappa shape index (κ1) is 12.0. The summed E-state index contributed by atoms with van der Waals surface area (Å²) in [5.41, 5.74) is 6.13. The quantitative estimate of drug-likeness (QED) is 0.741. The summed E-state index contributed by atoms with van der Waals surface area (Å²) in [6.07, 6.45) is 2.18. The molecule has 1 saturated heterocycles. The molecule has 1 rings (SSSR count). The van der Waals surface area contributed by atoms with E-state index in [2.05, 4.69) is 25.7 Å². The normalized spacial score (nSPS) is 30.6. The van der Waals surface area contributed by atoms with Crippen molar-refractivity contribution in [3.63, 3.8) is 0 Å². The fourth-order valence-corrected chi connectivity index (χ4v) is 2.19. The molecule has 3 heteroatoms. The molecule has 14 heavy (non-hydrogen) atoms. The van der Waals surface area contributed by atoms with E-state index in [4.69, 9.17) is 10.5 Å². The second kappa shape index (κ2) is 5.69. The third kappa shape index (κ3) is 2.69. The van der Waals surface area contributed by atoms with Gasteiger partial charge >= 0.3 is 0 Å². The highest BCUT2D eigenvalue weighted by Crippen LogP contribution is 2.16. The van der Waals surface area contributed by atoms with E-state index in [1.54, 1.807) is 0 Å². The van der Waals surface area contributed by atoms with Gasteiger partial charge in [0, 0.05) is 24.7 Å². The fourth-order valence-electron chi connectivity index (χ4n) is 2.19. The molecule has 1 aliphatic rings. The third-order valence-electron chi connectivity index (χ3n) is 3.33. The minimum atomic E-state index is 0.290. The monoisotopic (exact) mass is 200 g/mol. The van der Waals surface area contributed by atoms with Crippen molar-refractivity contribution < 1.29 is 4.74 Å². The Labute approximate surface area is 87.6 Å². The van der Waals surface area contributed by atoms with Gasteiger partial charge in [-0.1, -0.05) is 13.8 Å². The van der Waals surface area contributed by atoms with E-state index in [-0.39, 0.29) is 6.04 Å². The Morgan fingerprint density at radius 2 is 2.21 bits per heavy atom. The summed E-state index contributed by atoms with van der Waals surface area (Å²) < 4.78 is 5.51. The Bertz CT molecular complexity index is 159. The van der Waals surface area contributed by atoms with Crippen LogP contribution in [0.2, 0.25) is 0 Å². The lowest BCUT2D eigenvalue weighted by Gasteiger charge is -2.40. The van der Waals surface area contributed by atoms with E-state index < -0.39 is 0 Å². The second-order valence-electron chi connectivity index (χ2n) is 4.18. The third-order valence-corrected chi connectivity index (χ3v) is 3.33. The predicted molar refractivity (Wildman–Crippen MR) is 59.3 cm³/mol. The molecule has 0 aliphatic carbocycles. The van der Waals surface area contributed by atoms with E-state index in [0.29, 0.717) is 12.1 Å². The lowest BCUT2D eigenvalue weighted by molar-refractivity contribution is -0.00699. The van der Waals surface area contributed by atoms with Crippen molar-refractivity contribution in [2.45, 2.75) is 51.7 Å². The van der Waals surface area contributed by atoms with E-state index in [1.807, 2.05) is 0 Å². The fraction of sp³-hybridized carbons (Fsp3) is 1.00. The van der Waals surface area contributed by atoms with Gasteiger partial charge in [-0.05, 0) is 26.3 Å². The Hall–Kier alpha value is -0.120. The number of nitrogens with two attached hydrogens (primary N) is 1. The minimum absolute atomic E-state index is 0.290. The van der Waals surface area contributed by atoms with Crippen molar-refractivity contribution in [3.05, 3.63) is 0 Å². The summed E-state index contributed by atoms with van der Waals surface area (Å²) in [5.74, 6) is 0. The molecule has 0 radical (unpaired) electrons. The molecule has 1 fully saturated rings. The van der Waals surface area contributed by atoms with E-state index in [1.165, 1.54) is 6.42 Å². The van der Waals surface area contributed by atoms with Crippen LogP contribution >= 0.6 is 0 Å². The molecule has 0 aromatic rings. The Balaban J connectivity index is 2.57. The van der Waals surface area contributed by atoms with Gasteiger partial charge in [0.15, 0.2) is 0 Å². The highest BCUT2D eigenvalue weighted by molar-refractivity contribution is 4.86. The zero-order valence-electron chi connectivity index (χ0n) is 9.70. The Morgan fingerprint density at radius 1 is 1.50 bits per heavy atom. The molecule has 1 heterocycles. The van der Waals surface area contributed by atoms with Crippen LogP contribution in [-0.4, -0.2) is 42.8 Å². The van der Waals surface area contributed by atoms with Crippen LogP contribution in [0.4, 0.5) is 0 Å². The van der Waals surface area contributed by atoms with Crippen molar-refractivity contribution >= 4 is 0 Å². The van der Waals surface area contributed by atoms with E-state index in [9.17, 15) is 0 Å². The van der Waals surface area contributed by atoms with Gasteiger partial charge in [-0.2, -0.15) is 0 Å². The summed E-state index contributed by atoms with van der Waals surface area (Å²) in [7, 11) is 0. The summed E-state index contributed by atoms with van der Waals surface area (Å²) in [6.45, 7) is 9.40. The molecule has 0 spiro atoms. The molecule has 0 bridgehead atoms. The summed E-state index contributed by atoms with van der Waals surface area (Å²) in [5, 5.41) is 0. The van der Waals surface area contributed by atoms with E-state index in [0.717, 1.165) is 26.2 Å². The van der Waals surface area contributed by atoms with Crippen molar-refractivity contribution in [2.75, 3.05) is 19.8 Å². The maximum atomic E-state index is 6.13. The van der Waals surface area contributed by atoms with Gasteiger partial charge in [-0.15, -0.1) is 0 Å². The van der Waals surface area contributed by atoms with Gasteiger partial charge in [0.1, 0.15) is 0 Å². The predicted octanol–water partition coefficient (Wildman–Crippen LogP) is 1.22. The minimum Gasteiger partial charge on any atom is -0.380 e. The lowest BCUT2D eigenvalue weighted by Crippen LogP contribution is -2.55. The lowest BCUT2D eigenvalue weighted by atomic mass is 10.0. The van der Waals surface area contributed by atoms with Crippen LogP contribution in [0.1, 0.15) is 33.6 Å². The van der Waals surface area contributed by atoms with Crippen LogP contribution in [0.15, 0.2) is 0 Å². The summed E-state index contributed by atoms with van der Waals surface area (Å²) in [6, 6.07) is 1.32. The van der Waals surface area contributed by atoms with Gasteiger partial charge in [-0.3, -0.25) is 4.90 Å². The Kier molecular flexibility index (Phi) is 4.85. The first-order valence-corrected chi connectivity index (χ1v) is 5.79. The van der Waals surface area contributed by atoms with Crippen LogP contribution in [0.3, 0.4) is 0 Å². The SMILES string of the molecule is CCC(C)N(CC)C1COCCC1N. The second-order valence-corrected chi connectivity index (χ2v) is 4.18. The molecule has 84 valence electrons. The van der Waals surface area contributed by atoms with Crippen LogP contribution in [-0.2, 0) is 4.74 Å².